The van der Waals surface area contributed by atoms with Gasteiger partial charge in [-0.2, -0.15) is 0 Å². The van der Waals surface area contributed by atoms with Crippen molar-refractivity contribution in [2.45, 2.75) is 6.92 Å². The van der Waals surface area contributed by atoms with Crippen LogP contribution in [0.4, 0.5) is 10.1 Å². The second-order valence-corrected chi connectivity index (χ2v) is 2.35. The molecule has 0 aliphatic rings. The number of nitrogens with zero attached hydrogens (tertiary/aromatic N) is 1. The Morgan fingerprint density at radius 3 is 2.67 bits per heavy atom. The van der Waals surface area contributed by atoms with E-state index in [0.717, 1.165) is 6.07 Å². The van der Waals surface area contributed by atoms with Gasteiger partial charge in [-0.15, -0.1) is 0 Å². The van der Waals surface area contributed by atoms with Crippen LogP contribution in [0.2, 0.25) is 0 Å². The van der Waals surface area contributed by atoms with Crippen LogP contribution in [0.15, 0.2) is 12.1 Å². The number of benzene rings is 1. The van der Waals surface area contributed by atoms with Gasteiger partial charge in [-0.05, 0) is 18.6 Å². The third kappa shape index (κ3) is 1.34. The monoisotopic (exact) mass is 171 g/mol. The number of phenols is 1. The first-order valence-corrected chi connectivity index (χ1v) is 3.16. The lowest BCUT2D eigenvalue weighted by atomic mass is 10.2. The SMILES string of the molecule is Cc1cc(O)c([N+](=O)[O-])cc1F. The molecular weight excluding hydrogens is 165 g/mol. The Labute approximate surface area is 67.4 Å². The van der Waals surface area contributed by atoms with Gasteiger partial charge >= 0.3 is 5.69 Å². The summed E-state index contributed by atoms with van der Waals surface area (Å²) in [5, 5.41) is 19.1. The molecule has 0 saturated heterocycles. The molecule has 0 aromatic heterocycles. The Balaban J connectivity index is 3.33. The van der Waals surface area contributed by atoms with Crippen molar-refractivity contribution in [1.29, 1.82) is 0 Å². The predicted molar refractivity (Wildman–Crippen MR) is 39.5 cm³/mol. The second-order valence-electron chi connectivity index (χ2n) is 2.35. The highest BCUT2D eigenvalue weighted by Gasteiger charge is 2.15. The zero-order valence-corrected chi connectivity index (χ0v) is 6.24. The van der Waals surface area contributed by atoms with Gasteiger partial charge in [0.25, 0.3) is 0 Å². The summed E-state index contributed by atoms with van der Waals surface area (Å²) in [6.07, 6.45) is 0. The maximum Gasteiger partial charge on any atom is 0.313 e. The fourth-order valence-corrected chi connectivity index (χ4v) is 0.802. The molecule has 0 spiro atoms. The van der Waals surface area contributed by atoms with Crippen molar-refractivity contribution >= 4 is 5.69 Å². The molecule has 1 aromatic rings. The highest BCUT2D eigenvalue weighted by atomic mass is 19.1. The molecule has 5 heteroatoms. The molecular formula is C7H6FNO3. The first-order chi connectivity index (χ1) is 5.52. The van der Waals surface area contributed by atoms with Gasteiger partial charge in [-0.1, -0.05) is 0 Å². The maximum absolute atomic E-state index is 12.7. The number of phenolic OH excluding ortho intramolecular Hbond substituents is 1. The lowest BCUT2D eigenvalue weighted by Gasteiger charge is -1.98. The average Bonchev–Trinajstić information content (AvgIpc) is 1.96. The number of rotatable bonds is 1. The van der Waals surface area contributed by atoms with Crippen LogP contribution in [-0.4, -0.2) is 10.0 Å². The van der Waals surface area contributed by atoms with Gasteiger partial charge in [-0.3, -0.25) is 10.1 Å². The normalized spacial score (nSPS) is 9.83. The number of nitro groups is 1. The van der Waals surface area contributed by atoms with Crippen molar-refractivity contribution in [1.82, 2.24) is 0 Å². The smallest absolute Gasteiger partial charge is 0.313 e. The van der Waals surface area contributed by atoms with Crippen LogP contribution in [0.3, 0.4) is 0 Å². The van der Waals surface area contributed by atoms with E-state index < -0.39 is 22.2 Å². The van der Waals surface area contributed by atoms with Crippen LogP contribution in [0.5, 0.6) is 5.75 Å². The molecule has 1 aromatic carbocycles. The van der Waals surface area contributed by atoms with Gasteiger partial charge in [0.2, 0.25) is 0 Å². The van der Waals surface area contributed by atoms with E-state index in [9.17, 15) is 14.5 Å². The van der Waals surface area contributed by atoms with Gasteiger partial charge in [-0.25, -0.2) is 4.39 Å². The molecule has 12 heavy (non-hydrogen) atoms. The quantitative estimate of drug-likeness (QED) is 0.517. The second kappa shape index (κ2) is 2.77. The lowest BCUT2D eigenvalue weighted by molar-refractivity contribution is -0.386. The number of hydrogen-bond donors (Lipinski definition) is 1. The molecule has 0 heterocycles. The number of aromatic hydroxyl groups is 1. The summed E-state index contributed by atoms with van der Waals surface area (Å²) in [6, 6.07) is 1.72. The van der Waals surface area contributed by atoms with Crippen molar-refractivity contribution in [2.75, 3.05) is 0 Å². The van der Waals surface area contributed by atoms with E-state index in [2.05, 4.69) is 0 Å². The summed E-state index contributed by atoms with van der Waals surface area (Å²) >= 11 is 0. The zero-order chi connectivity index (χ0) is 9.30. The third-order valence-electron chi connectivity index (χ3n) is 1.45. The van der Waals surface area contributed by atoms with E-state index in [1.807, 2.05) is 0 Å². The largest absolute Gasteiger partial charge is 0.502 e. The Bertz CT molecular complexity index is 338. The Morgan fingerprint density at radius 1 is 1.58 bits per heavy atom. The highest BCUT2D eigenvalue weighted by Crippen LogP contribution is 2.27. The molecule has 0 radical (unpaired) electrons. The Kier molecular flexibility index (Phi) is 1.95. The van der Waals surface area contributed by atoms with Crippen molar-refractivity contribution in [3.8, 4) is 5.75 Å². The van der Waals surface area contributed by atoms with Gasteiger partial charge in [0, 0.05) is 0 Å². The number of nitro benzene ring substituents is 1. The van der Waals surface area contributed by atoms with Gasteiger partial charge in [0.1, 0.15) is 5.82 Å². The molecule has 0 aliphatic carbocycles. The van der Waals surface area contributed by atoms with Gasteiger partial charge in [0.05, 0.1) is 11.0 Å². The Hall–Kier alpha value is -1.65. The summed E-state index contributed by atoms with van der Waals surface area (Å²) in [7, 11) is 0. The van der Waals surface area contributed by atoms with E-state index in [1.165, 1.54) is 6.92 Å². The molecule has 0 unspecified atom stereocenters. The van der Waals surface area contributed by atoms with Crippen molar-refractivity contribution in [2.24, 2.45) is 0 Å². The maximum atomic E-state index is 12.7. The number of hydrogen-bond acceptors (Lipinski definition) is 3. The zero-order valence-electron chi connectivity index (χ0n) is 6.24. The molecule has 1 N–H and O–H groups in total. The first kappa shape index (κ1) is 8.45. The average molecular weight is 171 g/mol. The topological polar surface area (TPSA) is 63.4 Å². The third-order valence-corrected chi connectivity index (χ3v) is 1.45. The van der Waals surface area contributed by atoms with Crippen LogP contribution < -0.4 is 0 Å². The lowest BCUT2D eigenvalue weighted by Crippen LogP contribution is -1.91. The summed E-state index contributed by atoms with van der Waals surface area (Å²) in [6.45, 7) is 1.42. The van der Waals surface area contributed by atoms with E-state index in [0.29, 0.717) is 6.07 Å². The van der Waals surface area contributed by atoms with E-state index in [4.69, 9.17) is 5.11 Å². The van der Waals surface area contributed by atoms with Crippen LogP contribution >= 0.6 is 0 Å². The predicted octanol–water partition coefficient (Wildman–Crippen LogP) is 1.75. The van der Waals surface area contributed by atoms with Crippen molar-refractivity contribution < 1.29 is 14.4 Å². The number of halogens is 1. The van der Waals surface area contributed by atoms with Crippen molar-refractivity contribution in [3.05, 3.63) is 33.6 Å². The van der Waals surface area contributed by atoms with Gasteiger partial charge < -0.3 is 5.11 Å². The molecule has 0 atom stereocenters. The molecule has 1 rings (SSSR count). The van der Waals surface area contributed by atoms with E-state index >= 15 is 0 Å². The number of aryl methyl sites for hydroxylation is 1. The summed E-state index contributed by atoms with van der Waals surface area (Å²) < 4.78 is 12.7. The summed E-state index contributed by atoms with van der Waals surface area (Å²) in [5.74, 6) is -1.21. The molecule has 0 aliphatic heterocycles. The Morgan fingerprint density at radius 2 is 2.17 bits per heavy atom. The summed E-state index contributed by atoms with van der Waals surface area (Å²) in [5.41, 5.74) is -0.434. The standard InChI is InChI=1S/C7H6FNO3/c1-4-2-7(10)6(9(11)12)3-5(4)8/h2-3,10H,1H3. The summed E-state index contributed by atoms with van der Waals surface area (Å²) in [4.78, 5) is 9.33. The fourth-order valence-electron chi connectivity index (χ4n) is 0.802. The van der Waals surface area contributed by atoms with E-state index in [1.54, 1.807) is 0 Å². The molecule has 0 bridgehead atoms. The molecule has 64 valence electrons. The molecule has 0 fully saturated rings. The molecule has 0 saturated carbocycles. The van der Waals surface area contributed by atoms with Crippen LogP contribution in [0.25, 0.3) is 0 Å². The van der Waals surface area contributed by atoms with Crippen LogP contribution in [0.1, 0.15) is 5.56 Å². The van der Waals surface area contributed by atoms with Crippen molar-refractivity contribution in [3.63, 3.8) is 0 Å². The first-order valence-electron chi connectivity index (χ1n) is 3.16. The highest BCUT2D eigenvalue weighted by molar-refractivity contribution is 5.47. The minimum atomic E-state index is -0.835. The van der Waals surface area contributed by atoms with Crippen LogP contribution in [0, 0.1) is 22.9 Å². The fraction of sp³-hybridized carbons (Fsp3) is 0.143. The van der Waals surface area contributed by atoms with E-state index in [-0.39, 0.29) is 5.56 Å². The van der Waals surface area contributed by atoms with Gasteiger partial charge in [0.15, 0.2) is 5.75 Å². The minimum Gasteiger partial charge on any atom is -0.502 e. The van der Waals surface area contributed by atoms with Crippen LogP contribution in [-0.2, 0) is 0 Å². The molecule has 4 nitrogen and oxygen atoms in total. The molecule has 0 amide bonds. The minimum absolute atomic E-state index is 0.179.